The van der Waals surface area contributed by atoms with Gasteiger partial charge in [0.1, 0.15) is 35.7 Å². The molecular weight excluding hydrogens is 875 g/mol. The minimum Gasteiger partial charge on any atom is -0.508 e. The maximum atomic E-state index is 14.2. The molecule has 0 aromatic heterocycles. The fourth-order valence-corrected chi connectivity index (χ4v) is 6.91. The number of nitrogens with two attached hydrogens (primary N) is 1. The minimum atomic E-state index is -1.55. The van der Waals surface area contributed by atoms with Crippen LogP contribution in [0.15, 0.2) is 72.8 Å². The maximum Gasteiger partial charge on any atom is 0.328 e. The van der Waals surface area contributed by atoms with Crippen LogP contribution < -0.4 is 31.9 Å². The van der Waals surface area contributed by atoms with Gasteiger partial charge in [-0.1, -0.05) is 36.4 Å². The molecule has 5 atom stereocenters. The first kappa shape index (κ1) is 52.2. The van der Waals surface area contributed by atoms with E-state index in [9.17, 15) is 54.0 Å². The smallest absolute Gasteiger partial charge is 0.328 e. The largest absolute Gasteiger partial charge is 0.508 e. The highest BCUT2D eigenvalue weighted by Gasteiger charge is 2.33. The number of carbonyl (C=O) groups is 7. The second-order valence-electron chi connectivity index (χ2n) is 14.8. The lowest BCUT2D eigenvalue weighted by Crippen LogP contribution is -2.59. The molecule has 0 aliphatic heterocycles. The van der Waals surface area contributed by atoms with Crippen molar-refractivity contribution in [3.63, 3.8) is 0 Å². The molecule has 0 fully saturated rings. The van der Waals surface area contributed by atoms with E-state index in [-0.39, 0.29) is 56.6 Å². The number of nitrogens with one attached hydrogen (secondary N) is 4. The predicted octanol–water partition coefficient (Wildman–Crippen LogP) is 2.36. The third-order valence-electron chi connectivity index (χ3n) is 9.87. The molecule has 0 saturated heterocycles. The van der Waals surface area contributed by atoms with Gasteiger partial charge in [-0.25, -0.2) is 4.79 Å². The normalized spacial score (nSPS) is 13.2. The number of phenols is 2. The molecule has 3 aromatic carbocycles. The van der Waals surface area contributed by atoms with Crippen molar-refractivity contribution in [2.45, 2.75) is 88.5 Å². The Labute approximate surface area is 380 Å². The molecule has 0 spiro atoms. The molecule has 4 amide bonds. The van der Waals surface area contributed by atoms with Crippen LogP contribution in [0.4, 0.5) is 5.69 Å². The Hall–Kier alpha value is -6.11. The summed E-state index contributed by atoms with van der Waals surface area (Å²) in [5, 5.41) is 48.5. The number of phenolic OH excluding ortho intramolecular Hbond substituents is 2. The van der Waals surface area contributed by atoms with Crippen molar-refractivity contribution in [2.75, 3.05) is 36.4 Å². The average Bonchev–Trinajstić information content (AvgIpc) is 3.25. The van der Waals surface area contributed by atoms with Crippen molar-refractivity contribution in [1.29, 1.82) is 0 Å². The van der Waals surface area contributed by atoms with Gasteiger partial charge in [-0.15, -0.1) is 23.2 Å². The Bertz CT molecular complexity index is 2000. The zero-order valence-corrected chi connectivity index (χ0v) is 36.9. The Balaban J connectivity index is 1.89. The number of anilines is 1. The molecule has 0 saturated carbocycles. The summed E-state index contributed by atoms with van der Waals surface area (Å²) in [4.78, 5) is 93.6. The lowest BCUT2D eigenvalue weighted by atomic mass is 10.0. The fraction of sp³-hybridized carbons (Fsp3) is 0.432. The Morgan fingerprint density at radius 1 is 0.594 bits per heavy atom. The Morgan fingerprint density at radius 3 is 1.52 bits per heavy atom. The quantitative estimate of drug-likeness (QED) is 0.0374. The first-order chi connectivity index (χ1) is 30.5. The lowest BCUT2D eigenvalue weighted by Gasteiger charge is -2.27. The van der Waals surface area contributed by atoms with Crippen LogP contribution in [0.1, 0.15) is 55.7 Å². The summed E-state index contributed by atoms with van der Waals surface area (Å²) in [5.41, 5.74) is 8.66. The van der Waals surface area contributed by atoms with E-state index in [0.717, 1.165) is 5.69 Å². The van der Waals surface area contributed by atoms with E-state index < -0.39 is 84.6 Å². The van der Waals surface area contributed by atoms with Crippen LogP contribution in [0, 0.1) is 0 Å². The number of hydrogen-bond acceptors (Lipinski definition) is 12. The Morgan fingerprint density at radius 2 is 1.02 bits per heavy atom. The van der Waals surface area contributed by atoms with Gasteiger partial charge in [-0.05, 0) is 85.7 Å². The third kappa shape index (κ3) is 18.3. The van der Waals surface area contributed by atoms with E-state index >= 15 is 0 Å². The number of rotatable bonds is 28. The van der Waals surface area contributed by atoms with Crippen LogP contribution in [0.5, 0.6) is 11.5 Å². The first-order valence-corrected chi connectivity index (χ1v) is 21.7. The van der Waals surface area contributed by atoms with Crippen LogP contribution in [-0.2, 0) is 57.6 Å². The second kappa shape index (κ2) is 27.2. The van der Waals surface area contributed by atoms with Gasteiger partial charge in [0.25, 0.3) is 0 Å². The number of hydrogen-bond donors (Lipinski definition) is 9. The Kier molecular flexibility index (Phi) is 22.2. The van der Waals surface area contributed by atoms with E-state index in [0.29, 0.717) is 41.5 Å². The second-order valence-corrected chi connectivity index (χ2v) is 15.6. The van der Waals surface area contributed by atoms with E-state index in [4.69, 9.17) is 33.7 Å². The van der Waals surface area contributed by atoms with E-state index in [1.807, 2.05) is 17.0 Å². The van der Waals surface area contributed by atoms with Gasteiger partial charge in [0.2, 0.25) is 23.6 Å². The molecule has 3 aromatic rings. The van der Waals surface area contributed by atoms with Crippen molar-refractivity contribution in [3.8, 4) is 11.5 Å². The molecule has 348 valence electrons. The van der Waals surface area contributed by atoms with Crippen LogP contribution in [-0.4, -0.2) is 124 Å². The van der Waals surface area contributed by atoms with Gasteiger partial charge in [-0.2, -0.15) is 0 Å². The van der Waals surface area contributed by atoms with Crippen molar-refractivity contribution in [2.24, 2.45) is 5.73 Å². The van der Waals surface area contributed by atoms with Gasteiger partial charge in [-0.3, -0.25) is 28.8 Å². The molecule has 10 N–H and O–H groups in total. The maximum absolute atomic E-state index is 14.2. The zero-order chi connectivity index (χ0) is 47.2. The molecule has 0 aliphatic carbocycles. The van der Waals surface area contributed by atoms with Crippen LogP contribution in [0.3, 0.4) is 0 Å². The number of aromatic hydroxyl groups is 2. The number of carboxylic acid groups (broad SMARTS) is 2. The van der Waals surface area contributed by atoms with Crippen molar-refractivity contribution < 1.29 is 58.7 Å². The highest BCUT2D eigenvalue weighted by atomic mass is 35.5. The molecular formula is C44H56Cl2N6O12. The monoisotopic (exact) mass is 930 g/mol. The molecule has 20 heteroatoms. The number of ether oxygens (including phenoxy) is 1. The molecule has 5 unspecified atom stereocenters. The van der Waals surface area contributed by atoms with Gasteiger partial charge in [0.05, 0.1) is 12.6 Å². The summed E-state index contributed by atoms with van der Waals surface area (Å²) in [6.07, 6.45) is -1.84. The number of aliphatic carboxylic acids is 2. The highest BCUT2D eigenvalue weighted by molar-refractivity contribution is 6.18. The van der Waals surface area contributed by atoms with Crippen molar-refractivity contribution in [3.05, 3.63) is 89.5 Å². The summed E-state index contributed by atoms with van der Waals surface area (Å²) >= 11 is 11.9. The fourth-order valence-electron chi connectivity index (χ4n) is 6.50. The summed E-state index contributed by atoms with van der Waals surface area (Å²) in [6, 6.07) is 11.9. The first-order valence-electron chi connectivity index (χ1n) is 20.6. The molecule has 64 heavy (non-hydrogen) atoms. The number of carboxylic acids is 2. The van der Waals surface area contributed by atoms with E-state index in [2.05, 4.69) is 21.3 Å². The topological polar surface area (TPSA) is 287 Å². The van der Waals surface area contributed by atoms with E-state index in [1.165, 1.54) is 36.4 Å². The number of halogens is 2. The molecule has 0 radical (unpaired) electrons. The zero-order valence-electron chi connectivity index (χ0n) is 35.3. The predicted molar refractivity (Wildman–Crippen MR) is 238 cm³/mol. The number of carbonyl (C=O) groups excluding carboxylic acids is 5. The van der Waals surface area contributed by atoms with Crippen molar-refractivity contribution >= 4 is 70.4 Å². The summed E-state index contributed by atoms with van der Waals surface area (Å²) in [7, 11) is 0. The molecule has 0 bridgehead atoms. The SMILES string of the molecule is CCOC(=O)C(Cc1ccc(N(CCCl)CCCl)cc1)NC(=O)C(CCC(=O)O)NC(=O)C(Cc1ccc(O)cc1)NC(=O)C(CCCC(=O)O)NC(=O)C(N)Cc1ccc(O)cc1. The lowest BCUT2D eigenvalue weighted by molar-refractivity contribution is -0.148. The van der Waals surface area contributed by atoms with Crippen LogP contribution in [0.25, 0.3) is 0 Å². The van der Waals surface area contributed by atoms with E-state index in [1.54, 1.807) is 31.2 Å². The van der Waals surface area contributed by atoms with Gasteiger partial charge >= 0.3 is 17.9 Å². The number of amides is 4. The standard InChI is InChI=1S/C44H56Cl2N6O12/c1-2-64-44(63)37(26-28-6-12-30(13-7-28)52(22-20-45)23-21-46)51-42(61)35(18-19-39(57)58)49-43(62)36(25-29-10-16-32(54)17-11-29)50-41(60)34(4-3-5-38(55)56)48-40(59)33(47)24-27-8-14-31(53)15-9-27/h6-17,33-37,53-54H,2-5,18-26,47H2,1H3,(H,48,59)(H,49,62)(H,50,60)(H,51,61)(H,55,56)(H,57,58). The number of alkyl halides is 2. The average molecular weight is 932 g/mol. The third-order valence-corrected chi connectivity index (χ3v) is 10.2. The summed E-state index contributed by atoms with van der Waals surface area (Å²) < 4.78 is 5.24. The molecule has 3 rings (SSSR count). The van der Waals surface area contributed by atoms with Gasteiger partial charge in [0.15, 0.2) is 0 Å². The van der Waals surface area contributed by atoms with Crippen LogP contribution >= 0.6 is 23.2 Å². The number of benzene rings is 3. The molecule has 0 heterocycles. The molecule has 18 nitrogen and oxygen atoms in total. The minimum absolute atomic E-state index is 0.00418. The highest BCUT2D eigenvalue weighted by Crippen LogP contribution is 2.18. The molecule has 0 aliphatic rings. The van der Waals surface area contributed by atoms with Crippen LogP contribution in [0.2, 0.25) is 0 Å². The van der Waals surface area contributed by atoms with Gasteiger partial charge < -0.3 is 57.1 Å². The number of nitrogens with zero attached hydrogens (tertiary/aromatic N) is 1. The number of esters is 1. The summed E-state index contributed by atoms with van der Waals surface area (Å²) in [6.45, 7) is 2.65. The van der Waals surface area contributed by atoms with Gasteiger partial charge in [0, 0.05) is 56.2 Å². The van der Waals surface area contributed by atoms with Crippen molar-refractivity contribution in [1.82, 2.24) is 21.3 Å². The summed E-state index contributed by atoms with van der Waals surface area (Å²) in [5.74, 6) is -6.11.